The van der Waals surface area contributed by atoms with E-state index in [-0.39, 0.29) is 0 Å². The molecule has 18 heavy (non-hydrogen) atoms. The largest absolute Gasteiger partial charge is 0.315 e. The number of nitrogens with zero attached hydrogens (tertiary/aromatic N) is 3. The number of aromatic nitrogens is 3. The molecule has 0 N–H and O–H groups in total. The van der Waals surface area contributed by atoms with Crippen molar-refractivity contribution in [2.24, 2.45) is 17.8 Å². The molecule has 1 aromatic heterocycles. The molecule has 0 unspecified atom stereocenters. The van der Waals surface area contributed by atoms with E-state index < -0.39 is 0 Å². The molecule has 0 aromatic carbocycles. The van der Waals surface area contributed by atoms with Gasteiger partial charge in [0.15, 0.2) is 0 Å². The Morgan fingerprint density at radius 3 is 2.28 bits per heavy atom. The van der Waals surface area contributed by atoms with Crippen LogP contribution in [0.1, 0.15) is 56.6 Å². The fraction of sp³-hybridized carbons (Fsp3) is 0.867. The van der Waals surface area contributed by atoms with Gasteiger partial charge in [0.1, 0.15) is 11.6 Å². The first-order valence-electron chi connectivity index (χ1n) is 7.75. The van der Waals surface area contributed by atoms with Gasteiger partial charge in [0.05, 0.1) is 0 Å². The zero-order valence-corrected chi connectivity index (χ0v) is 10.9. The molecule has 1 aromatic rings. The molecule has 2 heterocycles. The highest BCUT2D eigenvalue weighted by atomic mass is 15.3. The molecule has 3 nitrogen and oxygen atoms in total. The Bertz CT molecular complexity index is 467. The van der Waals surface area contributed by atoms with Crippen LogP contribution in [0.5, 0.6) is 0 Å². The van der Waals surface area contributed by atoms with Crippen molar-refractivity contribution in [3.8, 4) is 0 Å². The van der Waals surface area contributed by atoms with Gasteiger partial charge in [-0.3, -0.25) is 0 Å². The average Bonchev–Trinajstić information content (AvgIpc) is 2.87. The summed E-state index contributed by atoms with van der Waals surface area (Å²) in [7, 11) is 0. The second-order valence-electron chi connectivity index (χ2n) is 7.39. The molecular formula is C15H21N3. The van der Waals surface area contributed by atoms with Gasteiger partial charge in [-0.2, -0.15) is 0 Å². The Hall–Kier alpha value is -0.860. The number of hydrogen-bond donors (Lipinski definition) is 0. The lowest BCUT2D eigenvalue weighted by Crippen LogP contribution is -2.49. The lowest BCUT2D eigenvalue weighted by molar-refractivity contribution is -0.0110. The van der Waals surface area contributed by atoms with Gasteiger partial charge in [-0.25, -0.2) is 0 Å². The van der Waals surface area contributed by atoms with Crippen molar-refractivity contribution in [2.75, 3.05) is 0 Å². The standard InChI is InChI=1S/C15H21N3/c1-2-13-16-17-14(18(13)3-1)15-7-10-4-11(8-15)6-12(5-10)9-15/h10-12H,1-9H2. The predicted molar refractivity (Wildman–Crippen MR) is 68.2 cm³/mol. The Labute approximate surface area is 108 Å². The van der Waals surface area contributed by atoms with E-state index >= 15 is 0 Å². The average molecular weight is 243 g/mol. The molecule has 4 bridgehead atoms. The molecule has 4 saturated carbocycles. The third-order valence-electron chi connectivity index (χ3n) is 6.12. The number of fused-ring (bicyclic) bond motifs is 1. The number of hydrogen-bond acceptors (Lipinski definition) is 2. The molecule has 3 heteroatoms. The highest BCUT2D eigenvalue weighted by Crippen LogP contribution is 2.60. The summed E-state index contributed by atoms with van der Waals surface area (Å²) < 4.78 is 2.48. The van der Waals surface area contributed by atoms with Crippen LogP contribution in [0.15, 0.2) is 0 Å². The molecule has 0 spiro atoms. The fourth-order valence-corrected chi connectivity index (χ4v) is 5.93. The van der Waals surface area contributed by atoms with Crippen LogP contribution in [-0.4, -0.2) is 14.8 Å². The van der Waals surface area contributed by atoms with Crippen LogP contribution in [0.2, 0.25) is 0 Å². The Kier molecular flexibility index (Phi) is 1.76. The van der Waals surface area contributed by atoms with Crippen molar-refractivity contribution in [3.05, 3.63) is 11.6 Å². The molecular weight excluding hydrogens is 222 g/mol. The van der Waals surface area contributed by atoms with E-state index in [1.165, 1.54) is 63.1 Å². The highest BCUT2D eigenvalue weighted by molar-refractivity contribution is 5.19. The van der Waals surface area contributed by atoms with Crippen LogP contribution < -0.4 is 0 Å². The lowest BCUT2D eigenvalue weighted by Gasteiger charge is -2.56. The molecule has 0 saturated heterocycles. The zero-order chi connectivity index (χ0) is 11.7. The molecule has 6 rings (SSSR count). The summed E-state index contributed by atoms with van der Waals surface area (Å²) in [6.45, 7) is 1.18. The first-order valence-corrected chi connectivity index (χ1v) is 7.75. The maximum atomic E-state index is 4.64. The van der Waals surface area contributed by atoms with Gasteiger partial charge in [0.25, 0.3) is 0 Å². The summed E-state index contributed by atoms with van der Waals surface area (Å²) >= 11 is 0. The summed E-state index contributed by atoms with van der Waals surface area (Å²) in [5.74, 6) is 5.66. The van der Waals surface area contributed by atoms with Crippen molar-refractivity contribution in [2.45, 2.75) is 63.3 Å². The third kappa shape index (κ3) is 1.16. The summed E-state index contributed by atoms with van der Waals surface area (Å²) in [5, 5.41) is 9.11. The first kappa shape index (κ1) is 9.99. The summed E-state index contributed by atoms with van der Waals surface area (Å²) in [6, 6.07) is 0. The minimum absolute atomic E-state index is 0.435. The maximum Gasteiger partial charge on any atom is 0.139 e. The maximum absolute atomic E-state index is 4.64. The van der Waals surface area contributed by atoms with Gasteiger partial charge in [0.2, 0.25) is 0 Å². The molecule has 1 aliphatic heterocycles. The molecule has 5 aliphatic rings. The van der Waals surface area contributed by atoms with Crippen LogP contribution in [0.3, 0.4) is 0 Å². The van der Waals surface area contributed by atoms with E-state index in [9.17, 15) is 0 Å². The topological polar surface area (TPSA) is 30.7 Å². The van der Waals surface area contributed by atoms with E-state index in [0.29, 0.717) is 5.41 Å². The van der Waals surface area contributed by atoms with Gasteiger partial charge in [-0.15, -0.1) is 10.2 Å². The minimum Gasteiger partial charge on any atom is -0.315 e. The normalized spacial score (nSPS) is 44.6. The van der Waals surface area contributed by atoms with Gasteiger partial charge < -0.3 is 4.57 Å². The van der Waals surface area contributed by atoms with Crippen LogP contribution in [0.25, 0.3) is 0 Å². The molecule has 0 radical (unpaired) electrons. The van der Waals surface area contributed by atoms with Crippen LogP contribution in [-0.2, 0) is 18.4 Å². The number of rotatable bonds is 1. The van der Waals surface area contributed by atoms with Crippen molar-refractivity contribution < 1.29 is 0 Å². The minimum atomic E-state index is 0.435. The van der Waals surface area contributed by atoms with Crippen LogP contribution in [0.4, 0.5) is 0 Å². The third-order valence-corrected chi connectivity index (χ3v) is 6.12. The van der Waals surface area contributed by atoms with Crippen molar-refractivity contribution in [1.29, 1.82) is 0 Å². The van der Waals surface area contributed by atoms with Gasteiger partial charge >= 0.3 is 0 Å². The first-order chi connectivity index (χ1) is 8.82. The van der Waals surface area contributed by atoms with Gasteiger partial charge in [-0.1, -0.05) is 0 Å². The Morgan fingerprint density at radius 1 is 0.944 bits per heavy atom. The second-order valence-corrected chi connectivity index (χ2v) is 7.39. The van der Waals surface area contributed by atoms with Gasteiger partial charge in [-0.05, 0) is 62.7 Å². The van der Waals surface area contributed by atoms with Crippen LogP contribution >= 0.6 is 0 Å². The van der Waals surface area contributed by atoms with E-state index in [2.05, 4.69) is 14.8 Å². The quantitative estimate of drug-likeness (QED) is 0.759. The smallest absolute Gasteiger partial charge is 0.139 e. The summed E-state index contributed by atoms with van der Waals surface area (Å²) in [4.78, 5) is 0. The van der Waals surface area contributed by atoms with E-state index in [1.54, 1.807) is 0 Å². The van der Waals surface area contributed by atoms with Crippen molar-refractivity contribution in [3.63, 3.8) is 0 Å². The van der Waals surface area contributed by atoms with Crippen molar-refractivity contribution in [1.82, 2.24) is 14.8 Å². The molecule has 0 atom stereocenters. The SMILES string of the molecule is C1Cc2nnc(C34CC5CC(CC(C5)C3)C4)n2C1. The predicted octanol–water partition coefficient (Wildman–Crippen LogP) is 2.69. The summed E-state index contributed by atoms with van der Waals surface area (Å²) in [6.07, 6.45) is 11.2. The van der Waals surface area contributed by atoms with E-state index in [0.717, 1.165) is 24.2 Å². The molecule has 4 fully saturated rings. The molecule has 4 aliphatic carbocycles. The molecule has 96 valence electrons. The fourth-order valence-electron chi connectivity index (χ4n) is 5.93. The lowest BCUT2D eigenvalue weighted by atomic mass is 9.49. The Balaban J connectivity index is 1.62. The van der Waals surface area contributed by atoms with Crippen molar-refractivity contribution >= 4 is 0 Å². The summed E-state index contributed by atoms with van der Waals surface area (Å²) in [5.41, 5.74) is 0.435. The number of aryl methyl sites for hydroxylation is 1. The van der Waals surface area contributed by atoms with Crippen LogP contribution in [0, 0.1) is 17.8 Å². The second kappa shape index (κ2) is 3.17. The highest BCUT2D eigenvalue weighted by Gasteiger charge is 2.54. The van der Waals surface area contributed by atoms with E-state index in [4.69, 9.17) is 0 Å². The Morgan fingerprint density at radius 2 is 1.61 bits per heavy atom. The molecule has 0 amide bonds. The monoisotopic (exact) mass is 243 g/mol. The zero-order valence-electron chi connectivity index (χ0n) is 10.9. The van der Waals surface area contributed by atoms with E-state index in [1.807, 2.05) is 0 Å². The van der Waals surface area contributed by atoms with Gasteiger partial charge in [0, 0.05) is 18.4 Å².